The Bertz CT molecular complexity index is 546. The van der Waals surface area contributed by atoms with E-state index in [2.05, 4.69) is 45.9 Å². The molecule has 4 nitrogen and oxygen atoms in total. The van der Waals surface area contributed by atoms with Crippen LogP contribution >= 0.6 is 0 Å². The zero-order valence-electron chi connectivity index (χ0n) is 13.0. The van der Waals surface area contributed by atoms with Gasteiger partial charge in [-0.15, -0.1) is 0 Å². The monoisotopic (exact) mass is 525 g/mol. The summed E-state index contributed by atoms with van der Waals surface area (Å²) in [6.45, 7) is 14.6. The number of nitrogens with one attached hydrogen (secondary N) is 1. The molecule has 0 atom stereocenters. The molecule has 2 saturated heterocycles. The average molecular weight is 529 g/mol. The van der Waals surface area contributed by atoms with E-state index in [1.807, 2.05) is 12.1 Å². The maximum atomic E-state index is 4.43. The van der Waals surface area contributed by atoms with Gasteiger partial charge >= 0.3 is 0 Å². The van der Waals surface area contributed by atoms with E-state index < -0.39 is 0 Å². The van der Waals surface area contributed by atoms with Gasteiger partial charge in [0, 0.05) is 31.8 Å². The van der Waals surface area contributed by atoms with E-state index in [0.29, 0.717) is 6.04 Å². The van der Waals surface area contributed by atoms with Crippen molar-refractivity contribution in [3.63, 3.8) is 0 Å². The Hall–Kier alpha value is -3.23. The summed E-state index contributed by atoms with van der Waals surface area (Å²) in [5, 5.41) is 3.24. The first-order valence-electron chi connectivity index (χ1n) is 6.82. The minimum absolute atomic E-state index is 0. The fourth-order valence-corrected chi connectivity index (χ4v) is 2.65. The van der Waals surface area contributed by atoms with E-state index in [0.717, 1.165) is 49.0 Å². The van der Waals surface area contributed by atoms with Crippen LogP contribution in [-0.4, -0.2) is 35.6 Å². The number of nitrogens with zero attached hydrogens (tertiary/aromatic N) is 3. The van der Waals surface area contributed by atoms with E-state index in [1.54, 1.807) is 6.20 Å². The van der Waals surface area contributed by atoms with Crippen molar-refractivity contribution in [2.45, 2.75) is 12.5 Å². The van der Waals surface area contributed by atoms with Gasteiger partial charge in [0.25, 0.3) is 0 Å². The standard InChI is InChI=1S/C16H19N4.CH3.Cm/c1-4-14-5-6-16(17-9-14)19-10-15(11-19)20-8-7-12(2)18-13(20)3;;/h5-6,9,15,18H,1-3,7-8,10-11H2;1H3;/q2*-1;. The van der Waals surface area contributed by atoms with Crippen molar-refractivity contribution < 1.29 is 0 Å². The summed E-state index contributed by atoms with van der Waals surface area (Å²) in [6.07, 6.45) is 5.62. The molecule has 3 heterocycles. The molecule has 120 valence electrons. The second-order valence-corrected chi connectivity index (χ2v) is 5.26. The zero-order chi connectivity index (χ0) is 14.1. The second-order valence-electron chi connectivity index (χ2n) is 5.26. The van der Waals surface area contributed by atoms with Crippen LogP contribution in [0.25, 0.3) is 0 Å². The predicted octanol–water partition coefficient (Wildman–Crippen LogP) is 2.34. The van der Waals surface area contributed by atoms with Crippen LogP contribution in [0, 0.1) is 13.5 Å². The number of anilines is 1. The molecular formula is C17H22CmN4-2. The summed E-state index contributed by atoms with van der Waals surface area (Å²) in [4.78, 5) is 9.04. The summed E-state index contributed by atoms with van der Waals surface area (Å²) in [6, 6.07) is 4.53. The smallest absolute Gasteiger partial charge is 0.103 e. The van der Waals surface area contributed by atoms with E-state index in [-0.39, 0.29) is 7.43 Å². The van der Waals surface area contributed by atoms with Crippen LogP contribution in [0.15, 0.2) is 49.6 Å². The summed E-state index contributed by atoms with van der Waals surface area (Å²) in [5.74, 6) is 1.98. The van der Waals surface area contributed by atoms with Gasteiger partial charge in [0.1, 0.15) is 5.82 Å². The SMILES string of the molecule is C=[C-]c1ccc(N2CC(N3CCC(=C)NC3=C)C2)nc1.[CH3-].[Cm]. The van der Waals surface area contributed by atoms with Gasteiger partial charge in [-0.2, -0.15) is 24.3 Å². The number of hydrogen-bond acceptors (Lipinski definition) is 4. The third-order valence-electron chi connectivity index (χ3n) is 3.90. The molecule has 0 bridgehead atoms. The minimum atomic E-state index is 0. The zero-order valence-corrected chi connectivity index (χ0v) is 15.9. The number of hydrogen-bond donors (Lipinski definition) is 1. The third kappa shape index (κ3) is 2.92. The Morgan fingerprint density at radius 3 is 2.55 bits per heavy atom. The van der Waals surface area contributed by atoms with Gasteiger partial charge < -0.3 is 27.5 Å². The summed E-state index contributed by atoms with van der Waals surface area (Å²) < 4.78 is 0. The third-order valence-corrected chi connectivity index (χ3v) is 3.90. The molecule has 1 N–H and O–H groups in total. The average Bonchev–Trinajstić information content (AvgIpc) is 2.40. The maximum absolute atomic E-state index is 4.43. The first-order chi connectivity index (χ1) is 9.67. The van der Waals surface area contributed by atoms with Crippen LogP contribution in [0.5, 0.6) is 0 Å². The Morgan fingerprint density at radius 1 is 1.27 bits per heavy atom. The molecule has 0 radical (unpaired) electrons. The predicted molar refractivity (Wildman–Crippen MR) is 87.4 cm³/mol. The molecule has 2 aliphatic heterocycles. The molecule has 0 aliphatic carbocycles. The molecule has 0 saturated carbocycles. The van der Waals surface area contributed by atoms with Gasteiger partial charge in [-0.3, -0.25) is 0 Å². The van der Waals surface area contributed by atoms with Crippen LogP contribution < -0.4 is 10.2 Å². The normalized spacial score (nSPS) is 17.8. The summed E-state index contributed by atoms with van der Waals surface area (Å²) in [5.41, 5.74) is 1.98. The number of aromatic nitrogens is 1. The first kappa shape index (κ1) is 16.8. The molecule has 0 spiro atoms. The Morgan fingerprint density at radius 2 is 2.00 bits per heavy atom. The van der Waals surface area contributed by atoms with Crippen molar-refractivity contribution in [1.82, 2.24) is 15.2 Å². The van der Waals surface area contributed by atoms with Crippen LogP contribution in [0.4, 0.5) is 5.82 Å². The largest absolute Gasteiger partial charge is 0.358 e. The van der Waals surface area contributed by atoms with Crippen molar-refractivity contribution in [1.29, 1.82) is 0 Å². The fourth-order valence-electron chi connectivity index (χ4n) is 2.65. The van der Waals surface area contributed by atoms with Gasteiger partial charge in [-0.1, -0.05) is 25.4 Å². The second kappa shape index (κ2) is 6.48. The van der Waals surface area contributed by atoms with Gasteiger partial charge in [0.05, 0.1) is 11.9 Å². The summed E-state index contributed by atoms with van der Waals surface area (Å²) in [7, 11) is 0. The van der Waals surface area contributed by atoms with Crippen molar-refractivity contribution >= 4 is 5.82 Å². The molecule has 0 unspecified atom stereocenters. The maximum Gasteiger partial charge on any atom is 0.103 e. The van der Waals surface area contributed by atoms with Crippen LogP contribution in [0.1, 0.15) is 12.0 Å². The summed E-state index contributed by atoms with van der Waals surface area (Å²) >= 11 is 0. The quantitative estimate of drug-likeness (QED) is 0.610. The van der Waals surface area contributed by atoms with Crippen LogP contribution in [0.3, 0.4) is 0 Å². The van der Waals surface area contributed by atoms with E-state index in [1.165, 1.54) is 0 Å². The Balaban J connectivity index is 0.00000121. The van der Waals surface area contributed by atoms with Crippen molar-refractivity contribution in [3.05, 3.63) is 68.7 Å². The van der Waals surface area contributed by atoms with E-state index in [4.69, 9.17) is 0 Å². The molecule has 1 aromatic rings. The van der Waals surface area contributed by atoms with Gasteiger partial charge in [0.2, 0.25) is 0 Å². The topological polar surface area (TPSA) is 31.4 Å². The van der Waals surface area contributed by atoms with E-state index in [9.17, 15) is 0 Å². The minimum Gasteiger partial charge on any atom is -0.358 e. The number of pyridine rings is 1. The van der Waals surface area contributed by atoms with Gasteiger partial charge in [-0.05, 0) is 0 Å². The van der Waals surface area contributed by atoms with Crippen molar-refractivity contribution in [2.75, 3.05) is 24.5 Å². The first-order valence-corrected chi connectivity index (χ1v) is 6.82. The van der Waals surface area contributed by atoms with Crippen molar-refractivity contribution in [2.24, 2.45) is 0 Å². The van der Waals surface area contributed by atoms with Crippen LogP contribution in [0.2, 0.25) is 0 Å². The Labute approximate surface area is 127 Å². The molecule has 2 fully saturated rings. The Kier molecular flexibility index (Phi) is 4.96. The fraction of sp³-hybridized carbons (Fsp3) is 0.294. The molecule has 0 amide bonds. The molecule has 3 rings (SSSR count). The molecule has 1 aromatic heterocycles. The molecule has 22 heavy (non-hydrogen) atoms. The molecular weight excluding hydrogens is 507 g/mol. The van der Waals surface area contributed by atoms with E-state index >= 15 is 0 Å². The van der Waals surface area contributed by atoms with Crippen molar-refractivity contribution in [3.8, 4) is 0 Å². The molecule has 0 aromatic carbocycles. The van der Waals surface area contributed by atoms with Crippen LogP contribution in [-0.2, 0) is 0 Å². The van der Waals surface area contributed by atoms with Gasteiger partial charge in [0.15, 0.2) is 0 Å². The van der Waals surface area contributed by atoms with Gasteiger partial charge in [-0.25, -0.2) is 0 Å². The molecule has 5 heteroatoms. The number of rotatable bonds is 3. The molecule has 2 aliphatic rings.